The maximum atomic E-state index is 4.24. The third kappa shape index (κ3) is 3.68. The molecule has 0 bridgehead atoms. The molecule has 0 atom stereocenters. The van der Waals surface area contributed by atoms with Crippen LogP contribution in [-0.2, 0) is 0 Å². The van der Waals surface area contributed by atoms with Gasteiger partial charge >= 0.3 is 0 Å². The van der Waals surface area contributed by atoms with Crippen molar-refractivity contribution in [2.45, 2.75) is 6.92 Å². The molecule has 0 aliphatic carbocycles. The molecule has 0 heterocycles. The second-order valence-electron chi connectivity index (χ2n) is 3.85. The van der Waals surface area contributed by atoms with Crippen molar-refractivity contribution in [3.63, 3.8) is 0 Å². The second-order valence-corrected chi connectivity index (χ2v) is 6.17. The van der Waals surface area contributed by atoms with Gasteiger partial charge in [0.15, 0.2) is 0 Å². The zero-order chi connectivity index (χ0) is 13.0. The lowest BCUT2D eigenvalue weighted by molar-refractivity contribution is 1.34. The monoisotopic (exact) mass is 462 g/mol. The van der Waals surface area contributed by atoms with Gasteiger partial charge in [0.05, 0.1) is 11.9 Å². The number of nitrogens with zero attached hydrogens (tertiary/aromatic N) is 1. The molecule has 0 unspecified atom stereocenters. The van der Waals surface area contributed by atoms with Crippen LogP contribution in [0.1, 0.15) is 11.1 Å². The zero-order valence-corrected chi connectivity index (χ0v) is 14.1. The Bertz CT molecular complexity index is 542. The number of benzene rings is 2. The molecule has 92 valence electrons. The molecule has 2 rings (SSSR count). The van der Waals surface area contributed by atoms with Crippen molar-refractivity contribution >= 4 is 57.1 Å². The first-order chi connectivity index (χ1) is 8.66. The third-order valence-corrected chi connectivity index (χ3v) is 4.73. The SMILES string of the molecule is Cc1c(I)cc(/C=N\Nc2ccccc2)cc1I. The largest absolute Gasteiger partial charge is 0.279 e. The molecule has 1 N–H and O–H groups in total. The van der Waals surface area contributed by atoms with Gasteiger partial charge < -0.3 is 0 Å². The van der Waals surface area contributed by atoms with Gasteiger partial charge in [-0.1, -0.05) is 18.2 Å². The Kier molecular flexibility index (Phi) is 4.99. The molecule has 0 aromatic heterocycles. The first-order valence-corrected chi connectivity index (χ1v) is 7.62. The molecule has 2 nitrogen and oxygen atoms in total. The highest BCUT2D eigenvalue weighted by Crippen LogP contribution is 2.19. The molecule has 0 aliphatic rings. The highest BCUT2D eigenvalue weighted by Gasteiger charge is 2.01. The van der Waals surface area contributed by atoms with Crippen molar-refractivity contribution in [2.75, 3.05) is 5.43 Å². The molecule has 0 radical (unpaired) electrons. The average molecular weight is 462 g/mol. The van der Waals surface area contributed by atoms with Gasteiger partial charge in [-0.3, -0.25) is 5.43 Å². The molecule has 4 heteroatoms. The normalized spacial score (nSPS) is 10.8. The molecule has 0 fully saturated rings. The summed E-state index contributed by atoms with van der Waals surface area (Å²) in [5.41, 5.74) is 6.43. The second kappa shape index (κ2) is 6.51. The summed E-state index contributed by atoms with van der Waals surface area (Å²) in [6, 6.07) is 14.2. The molecule has 0 spiro atoms. The summed E-state index contributed by atoms with van der Waals surface area (Å²) in [7, 11) is 0. The summed E-state index contributed by atoms with van der Waals surface area (Å²) in [4.78, 5) is 0. The van der Waals surface area contributed by atoms with Crippen molar-refractivity contribution in [1.29, 1.82) is 0 Å². The molecule has 2 aromatic carbocycles. The lowest BCUT2D eigenvalue weighted by atomic mass is 10.2. The predicted octanol–water partition coefficient (Wildman–Crippen LogP) is 4.65. The van der Waals surface area contributed by atoms with Gasteiger partial charge in [-0.25, -0.2) is 0 Å². The topological polar surface area (TPSA) is 24.4 Å². The first kappa shape index (κ1) is 13.8. The van der Waals surface area contributed by atoms with Crippen LogP contribution >= 0.6 is 45.2 Å². The lowest BCUT2D eigenvalue weighted by Gasteiger charge is -2.03. The predicted molar refractivity (Wildman–Crippen MR) is 94.3 cm³/mol. The third-order valence-electron chi connectivity index (χ3n) is 2.48. The number of nitrogens with one attached hydrogen (secondary N) is 1. The van der Waals surface area contributed by atoms with Crippen molar-refractivity contribution in [3.8, 4) is 0 Å². The van der Waals surface area contributed by atoms with E-state index < -0.39 is 0 Å². The Morgan fingerprint density at radius 1 is 1.06 bits per heavy atom. The summed E-state index contributed by atoms with van der Waals surface area (Å²) in [5.74, 6) is 0. The van der Waals surface area contributed by atoms with E-state index in [1.807, 2.05) is 36.5 Å². The first-order valence-electron chi connectivity index (χ1n) is 5.46. The fourth-order valence-corrected chi connectivity index (χ4v) is 3.25. The Hall–Kier alpha value is -0.630. The minimum absolute atomic E-state index is 0.991. The fraction of sp³-hybridized carbons (Fsp3) is 0.0714. The van der Waals surface area contributed by atoms with Gasteiger partial charge in [0.1, 0.15) is 0 Å². The van der Waals surface area contributed by atoms with Crippen molar-refractivity contribution in [2.24, 2.45) is 5.10 Å². The molecule has 2 aromatic rings. The summed E-state index contributed by atoms with van der Waals surface area (Å²) < 4.78 is 2.53. The van der Waals surface area contributed by atoms with Crippen LogP contribution in [0.5, 0.6) is 0 Å². The Balaban J connectivity index is 2.10. The Labute approximate surface area is 134 Å². The van der Waals surface area contributed by atoms with E-state index in [0.717, 1.165) is 11.3 Å². The molecule has 0 amide bonds. The van der Waals surface area contributed by atoms with Gasteiger partial charge in [-0.2, -0.15) is 5.10 Å². The van der Waals surface area contributed by atoms with E-state index in [1.165, 1.54) is 12.7 Å². The van der Waals surface area contributed by atoms with Crippen LogP contribution in [0.25, 0.3) is 0 Å². The number of hydrazone groups is 1. The molecule has 18 heavy (non-hydrogen) atoms. The molecular formula is C14H12I2N2. The van der Waals surface area contributed by atoms with Crippen LogP contribution in [0.3, 0.4) is 0 Å². The molecule has 0 saturated carbocycles. The summed E-state index contributed by atoms with van der Waals surface area (Å²) in [5, 5.41) is 4.24. The number of para-hydroxylation sites is 1. The minimum atomic E-state index is 0.991. The van der Waals surface area contributed by atoms with E-state index in [-0.39, 0.29) is 0 Å². The number of rotatable bonds is 3. The molecular weight excluding hydrogens is 450 g/mol. The van der Waals surface area contributed by atoms with E-state index in [9.17, 15) is 0 Å². The standard InChI is InChI=1S/C14H12I2N2/c1-10-13(15)7-11(8-14(10)16)9-17-18-12-5-3-2-4-6-12/h2-9,18H,1H3/b17-9-. The van der Waals surface area contributed by atoms with E-state index in [0.29, 0.717) is 0 Å². The lowest BCUT2D eigenvalue weighted by Crippen LogP contribution is -1.93. The van der Waals surface area contributed by atoms with Crippen LogP contribution in [0, 0.1) is 14.1 Å². The average Bonchev–Trinajstić information content (AvgIpc) is 2.37. The Morgan fingerprint density at radius 3 is 2.28 bits per heavy atom. The number of halogens is 2. The fourth-order valence-electron chi connectivity index (χ4n) is 1.43. The summed E-state index contributed by atoms with van der Waals surface area (Å²) >= 11 is 4.70. The van der Waals surface area contributed by atoms with E-state index in [4.69, 9.17) is 0 Å². The van der Waals surface area contributed by atoms with Gasteiger partial charge in [-0.15, -0.1) is 0 Å². The van der Waals surface area contributed by atoms with Gasteiger partial charge in [-0.05, 0) is 87.5 Å². The maximum Gasteiger partial charge on any atom is 0.0561 e. The minimum Gasteiger partial charge on any atom is -0.279 e. The smallest absolute Gasteiger partial charge is 0.0561 e. The van der Waals surface area contributed by atoms with Crippen molar-refractivity contribution in [3.05, 3.63) is 60.7 Å². The van der Waals surface area contributed by atoms with Crippen LogP contribution < -0.4 is 5.43 Å². The van der Waals surface area contributed by atoms with Crippen LogP contribution in [0.15, 0.2) is 47.6 Å². The van der Waals surface area contributed by atoms with Gasteiger partial charge in [0.2, 0.25) is 0 Å². The quantitative estimate of drug-likeness (QED) is 0.401. The van der Waals surface area contributed by atoms with Crippen LogP contribution in [0.4, 0.5) is 5.69 Å². The summed E-state index contributed by atoms with van der Waals surface area (Å²) in [6.45, 7) is 2.13. The number of hydrogen-bond donors (Lipinski definition) is 1. The number of hydrogen-bond acceptors (Lipinski definition) is 2. The van der Waals surface area contributed by atoms with E-state index >= 15 is 0 Å². The summed E-state index contributed by atoms with van der Waals surface area (Å²) in [6.07, 6.45) is 1.84. The molecule has 0 saturated heterocycles. The van der Waals surface area contributed by atoms with Crippen molar-refractivity contribution in [1.82, 2.24) is 0 Å². The molecule has 0 aliphatic heterocycles. The maximum absolute atomic E-state index is 4.24. The van der Waals surface area contributed by atoms with Gasteiger partial charge in [0.25, 0.3) is 0 Å². The van der Waals surface area contributed by atoms with Crippen molar-refractivity contribution < 1.29 is 0 Å². The number of anilines is 1. The zero-order valence-electron chi connectivity index (χ0n) is 9.82. The van der Waals surface area contributed by atoms with E-state index in [2.05, 4.69) is 74.8 Å². The highest BCUT2D eigenvalue weighted by atomic mass is 127. The van der Waals surface area contributed by atoms with Crippen LogP contribution in [0.2, 0.25) is 0 Å². The van der Waals surface area contributed by atoms with Crippen LogP contribution in [-0.4, -0.2) is 6.21 Å². The van der Waals surface area contributed by atoms with E-state index in [1.54, 1.807) is 0 Å². The van der Waals surface area contributed by atoms with Gasteiger partial charge in [0, 0.05) is 7.14 Å². The highest BCUT2D eigenvalue weighted by molar-refractivity contribution is 14.1. The Morgan fingerprint density at radius 2 is 1.67 bits per heavy atom.